The van der Waals surface area contributed by atoms with Gasteiger partial charge in [-0.15, -0.1) is 0 Å². The second kappa shape index (κ2) is 5.27. The van der Waals surface area contributed by atoms with Gasteiger partial charge >= 0.3 is 12.1 Å². The van der Waals surface area contributed by atoms with Crippen LogP contribution in [0.2, 0.25) is 5.02 Å². The molecule has 0 aliphatic rings. The Balaban J connectivity index is 3.29. The van der Waals surface area contributed by atoms with Crippen molar-refractivity contribution < 1.29 is 22.7 Å². The van der Waals surface area contributed by atoms with Crippen molar-refractivity contribution in [2.24, 2.45) is 0 Å². The summed E-state index contributed by atoms with van der Waals surface area (Å²) >= 11 is 5.49. The SMILES string of the molecule is COC(=O)Cc1cc(Cl)c(C(F)(F)F)cc1C#N. The fraction of sp³-hybridized carbons (Fsp3) is 0.273. The van der Waals surface area contributed by atoms with E-state index in [9.17, 15) is 18.0 Å². The number of methoxy groups -OCH3 is 1. The third-order valence-electron chi connectivity index (χ3n) is 2.18. The van der Waals surface area contributed by atoms with Crippen LogP contribution < -0.4 is 0 Å². The van der Waals surface area contributed by atoms with Crippen molar-refractivity contribution in [1.29, 1.82) is 5.26 Å². The number of hydrogen-bond acceptors (Lipinski definition) is 3. The second-order valence-electron chi connectivity index (χ2n) is 3.35. The molecule has 0 aliphatic carbocycles. The largest absolute Gasteiger partial charge is 0.469 e. The van der Waals surface area contributed by atoms with Gasteiger partial charge in [0.25, 0.3) is 0 Å². The van der Waals surface area contributed by atoms with E-state index >= 15 is 0 Å². The van der Waals surface area contributed by atoms with Crippen LogP contribution in [0.1, 0.15) is 16.7 Å². The van der Waals surface area contributed by atoms with Gasteiger partial charge in [0, 0.05) is 0 Å². The molecule has 7 heteroatoms. The predicted octanol–water partition coefficient (Wildman–Crippen LogP) is 2.95. The molecule has 0 saturated heterocycles. The van der Waals surface area contributed by atoms with E-state index in [2.05, 4.69) is 4.74 Å². The molecule has 0 fully saturated rings. The molecule has 0 unspecified atom stereocenters. The van der Waals surface area contributed by atoms with Crippen LogP contribution in [-0.2, 0) is 22.1 Å². The van der Waals surface area contributed by atoms with E-state index in [1.165, 1.54) is 0 Å². The highest BCUT2D eigenvalue weighted by Crippen LogP contribution is 2.36. The number of hydrogen-bond donors (Lipinski definition) is 0. The zero-order valence-electron chi connectivity index (χ0n) is 9.14. The van der Waals surface area contributed by atoms with Crippen LogP contribution >= 0.6 is 11.6 Å². The summed E-state index contributed by atoms with van der Waals surface area (Å²) in [6.07, 6.45) is -4.95. The van der Waals surface area contributed by atoms with E-state index in [1.807, 2.05) is 0 Å². The van der Waals surface area contributed by atoms with E-state index in [4.69, 9.17) is 16.9 Å². The average Bonchev–Trinajstić information content (AvgIpc) is 2.27. The van der Waals surface area contributed by atoms with Crippen LogP contribution in [0.5, 0.6) is 0 Å². The molecule has 1 aromatic carbocycles. The first-order valence-electron chi connectivity index (χ1n) is 4.66. The molecule has 0 saturated carbocycles. The van der Waals surface area contributed by atoms with Gasteiger partial charge in [-0.25, -0.2) is 0 Å². The summed E-state index contributed by atoms with van der Waals surface area (Å²) in [6, 6.07) is 3.18. The fourth-order valence-electron chi connectivity index (χ4n) is 1.31. The normalized spacial score (nSPS) is 10.9. The summed E-state index contributed by atoms with van der Waals surface area (Å²) < 4.78 is 42.0. The minimum atomic E-state index is -4.65. The molecule has 0 atom stereocenters. The monoisotopic (exact) mass is 277 g/mol. The van der Waals surface area contributed by atoms with E-state index in [1.54, 1.807) is 6.07 Å². The molecule has 0 aliphatic heterocycles. The molecule has 18 heavy (non-hydrogen) atoms. The number of alkyl halides is 3. The third-order valence-corrected chi connectivity index (χ3v) is 2.49. The molecule has 0 radical (unpaired) electrons. The Bertz CT molecular complexity index is 520. The second-order valence-corrected chi connectivity index (χ2v) is 3.76. The van der Waals surface area contributed by atoms with Gasteiger partial charge in [0.05, 0.1) is 35.7 Å². The van der Waals surface area contributed by atoms with Gasteiger partial charge in [-0.1, -0.05) is 11.6 Å². The minimum absolute atomic E-state index is 0.0994. The number of nitriles is 1. The van der Waals surface area contributed by atoms with E-state index < -0.39 is 22.7 Å². The maximum Gasteiger partial charge on any atom is 0.417 e. The Hall–Kier alpha value is -1.74. The summed E-state index contributed by atoms with van der Waals surface area (Å²) in [6.45, 7) is 0. The average molecular weight is 278 g/mol. The molecule has 96 valence electrons. The number of esters is 1. The van der Waals surface area contributed by atoms with Crippen LogP contribution in [0.4, 0.5) is 13.2 Å². The molecule has 0 spiro atoms. The first-order chi connectivity index (χ1) is 8.29. The number of ether oxygens (including phenoxy) is 1. The van der Waals surface area contributed by atoms with Crippen molar-refractivity contribution in [2.75, 3.05) is 7.11 Å². The zero-order chi connectivity index (χ0) is 13.9. The molecular formula is C11H7ClF3NO2. The first-order valence-corrected chi connectivity index (χ1v) is 5.04. The summed E-state index contributed by atoms with van der Waals surface area (Å²) in [7, 11) is 1.14. The van der Waals surface area contributed by atoms with Crippen LogP contribution in [-0.4, -0.2) is 13.1 Å². The number of halogens is 4. The van der Waals surface area contributed by atoms with Crippen LogP contribution in [0.25, 0.3) is 0 Å². The van der Waals surface area contributed by atoms with Crippen LogP contribution in [0.15, 0.2) is 12.1 Å². The highest BCUT2D eigenvalue weighted by atomic mass is 35.5. The lowest BCUT2D eigenvalue weighted by atomic mass is 10.0. The number of carbonyl (C=O) groups is 1. The van der Waals surface area contributed by atoms with Crippen molar-refractivity contribution in [3.8, 4) is 6.07 Å². The fourth-order valence-corrected chi connectivity index (χ4v) is 1.60. The molecule has 0 bridgehead atoms. The Morgan fingerprint density at radius 1 is 1.50 bits per heavy atom. The number of nitrogens with zero attached hydrogens (tertiary/aromatic N) is 1. The van der Waals surface area contributed by atoms with E-state index in [-0.39, 0.29) is 17.5 Å². The maximum atomic E-state index is 12.5. The number of benzene rings is 1. The van der Waals surface area contributed by atoms with Gasteiger partial charge in [0.1, 0.15) is 0 Å². The quantitative estimate of drug-likeness (QED) is 0.781. The van der Waals surface area contributed by atoms with E-state index in [0.717, 1.165) is 13.2 Å². The zero-order valence-corrected chi connectivity index (χ0v) is 9.89. The Labute approximate surface area is 106 Å². The van der Waals surface area contributed by atoms with Crippen molar-refractivity contribution in [2.45, 2.75) is 12.6 Å². The topological polar surface area (TPSA) is 50.1 Å². The Morgan fingerprint density at radius 2 is 2.11 bits per heavy atom. The summed E-state index contributed by atoms with van der Waals surface area (Å²) in [5, 5.41) is 8.22. The van der Waals surface area contributed by atoms with E-state index in [0.29, 0.717) is 6.07 Å². The molecule has 0 N–H and O–H groups in total. The predicted molar refractivity (Wildman–Crippen MR) is 56.9 cm³/mol. The highest BCUT2D eigenvalue weighted by molar-refractivity contribution is 6.31. The lowest BCUT2D eigenvalue weighted by Gasteiger charge is -2.11. The molecule has 0 heterocycles. The van der Waals surface area contributed by atoms with Gasteiger partial charge in [0.15, 0.2) is 0 Å². The Kier molecular flexibility index (Phi) is 4.19. The lowest BCUT2D eigenvalue weighted by molar-refractivity contribution is -0.139. The summed E-state index contributed by atoms with van der Waals surface area (Å²) in [5.41, 5.74) is -1.26. The molecule has 1 rings (SSSR count). The highest BCUT2D eigenvalue weighted by Gasteiger charge is 2.34. The number of rotatable bonds is 2. The van der Waals surface area contributed by atoms with Crippen molar-refractivity contribution in [3.05, 3.63) is 33.8 Å². The first kappa shape index (κ1) is 14.3. The van der Waals surface area contributed by atoms with Crippen molar-refractivity contribution >= 4 is 17.6 Å². The Morgan fingerprint density at radius 3 is 2.56 bits per heavy atom. The number of carbonyl (C=O) groups excluding carboxylic acids is 1. The van der Waals surface area contributed by atoms with Gasteiger partial charge in [-0.3, -0.25) is 4.79 Å². The van der Waals surface area contributed by atoms with Crippen LogP contribution in [0, 0.1) is 11.3 Å². The summed E-state index contributed by atoms with van der Waals surface area (Å²) in [5.74, 6) is -0.665. The smallest absolute Gasteiger partial charge is 0.417 e. The van der Waals surface area contributed by atoms with Crippen LogP contribution in [0.3, 0.4) is 0 Å². The van der Waals surface area contributed by atoms with Crippen molar-refractivity contribution in [1.82, 2.24) is 0 Å². The molecule has 0 aromatic heterocycles. The lowest BCUT2D eigenvalue weighted by Crippen LogP contribution is -2.10. The standard InChI is InChI=1S/C11H7ClF3NO2/c1-18-10(17)4-6-3-9(12)8(11(13,14)15)2-7(6)5-16/h2-3H,4H2,1H3. The summed E-state index contributed by atoms with van der Waals surface area (Å²) in [4.78, 5) is 11.0. The van der Waals surface area contributed by atoms with Crippen molar-refractivity contribution in [3.63, 3.8) is 0 Å². The minimum Gasteiger partial charge on any atom is -0.469 e. The third kappa shape index (κ3) is 3.14. The molecular weight excluding hydrogens is 271 g/mol. The maximum absolute atomic E-state index is 12.5. The molecule has 3 nitrogen and oxygen atoms in total. The van der Waals surface area contributed by atoms with Gasteiger partial charge in [0.2, 0.25) is 0 Å². The van der Waals surface area contributed by atoms with Gasteiger partial charge in [-0.2, -0.15) is 18.4 Å². The molecule has 1 aromatic rings. The van der Waals surface area contributed by atoms with Gasteiger partial charge < -0.3 is 4.74 Å². The van der Waals surface area contributed by atoms with Gasteiger partial charge in [-0.05, 0) is 17.7 Å². The molecule has 0 amide bonds.